The molecule has 2 N–H and O–H groups in total. The van der Waals surface area contributed by atoms with Gasteiger partial charge in [0.05, 0.1) is 5.75 Å². The third kappa shape index (κ3) is 4.19. The number of benzene rings is 1. The van der Waals surface area contributed by atoms with E-state index >= 15 is 0 Å². The van der Waals surface area contributed by atoms with E-state index < -0.39 is 0 Å². The molecular weight excluding hydrogens is 370 g/mol. The van der Waals surface area contributed by atoms with E-state index in [0.717, 1.165) is 37.2 Å². The third-order valence-corrected chi connectivity index (χ3v) is 6.83. The number of carbonyl (C=O) groups excluding carboxylic acids is 1. The zero-order chi connectivity index (χ0) is 19.7. The van der Waals surface area contributed by atoms with E-state index in [1.165, 1.54) is 34.8 Å². The van der Waals surface area contributed by atoms with Gasteiger partial charge in [0.1, 0.15) is 0 Å². The van der Waals surface area contributed by atoms with Crippen LogP contribution in [0.4, 0.5) is 0 Å². The molecule has 2 aliphatic carbocycles. The van der Waals surface area contributed by atoms with Gasteiger partial charge in [-0.05, 0) is 51.4 Å². The second kappa shape index (κ2) is 8.15. The van der Waals surface area contributed by atoms with E-state index in [4.69, 9.17) is 5.84 Å². The number of thioether (sulfide) groups is 1. The minimum atomic E-state index is 0.215. The average Bonchev–Trinajstić information content (AvgIpc) is 3.45. The molecule has 0 bridgehead atoms. The van der Waals surface area contributed by atoms with Gasteiger partial charge in [0.15, 0.2) is 5.82 Å². The van der Waals surface area contributed by atoms with Gasteiger partial charge in [0, 0.05) is 17.6 Å². The first-order valence-corrected chi connectivity index (χ1v) is 11.2. The van der Waals surface area contributed by atoms with Crippen molar-refractivity contribution in [1.82, 2.24) is 19.8 Å². The van der Waals surface area contributed by atoms with Crippen molar-refractivity contribution >= 4 is 17.7 Å². The minimum absolute atomic E-state index is 0.215. The van der Waals surface area contributed by atoms with Crippen LogP contribution in [0.1, 0.15) is 51.0 Å². The monoisotopic (exact) mass is 399 g/mol. The Morgan fingerprint density at radius 3 is 2.32 bits per heavy atom. The topological polar surface area (TPSA) is 77.0 Å². The van der Waals surface area contributed by atoms with E-state index in [0.29, 0.717) is 28.8 Å². The first-order chi connectivity index (χ1) is 13.5. The third-order valence-electron chi connectivity index (χ3n) is 5.91. The average molecular weight is 400 g/mol. The van der Waals surface area contributed by atoms with Crippen LogP contribution in [-0.2, 0) is 4.79 Å². The highest BCUT2D eigenvalue weighted by Gasteiger charge is 2.38. The van der Waals surface area contributed by atoms with E-state index in [2.05, 4.69) is 22.0 Å². The number of aryl methyl sites for hydroxylation is 1. The first kappa shape index (κ1) is 19.3. The Hall–Kier alpha value is -2.02. The van der Waals surface area contributed by atoms with Crippen LogP contribution >= 0.6 is 11.8 Å². The minimum Gasteiger partial charge on any atom is -0.336 e. The van der Waals surface area contributed by atoms with Gasteiger partial charge in [-0.1, -0.05) is 48.5 Å². The summed E-state index contributed by atoms with van der Waals surface area (Å²) in [5, 5.41) is 9.02. The molecule has 150 valence electrons. The van der Waals surface area contributed by atoms with Crippen molar-refractivity contribution in [3.8, 4) is 11.4 Å². The molecule has 7 heteroatoms. The zero-order valence-corrected chi connectivity index (χ0v) is 17.5. The Labute approximate surface area is 170 Å². The molecule has 28 heavy (non-hydrogen) atoms. The predicted molar refractivity (Wildman–Crippen MR) is 112 cm³/mol. The van der Waals surface area contributed by atoms with Crippen LogP contribution in [0.5, 0.6) is 0 Å². The van der Waals surface area contributed by atoms with Gasteiger partial charge in [-0.25, -0.2) is 4.68 Å². The number of nitrogens with zero attached hydrogens (tertiary/aromatic N) is 4. The highest BCUT2D eigenvalue weighted by Crippen LogP contribution is 2.36. The highest BCUT2D eigenvalue weighted by molar-refractivity contribution is 7.99. The fraction of sp³-hybridized carbons (Fsp3) is 0.571. The van der Waals surface area contributed by atoms with Crippen molar-refractivity contribution < 1.29 is 4.79 Å². The smallest absolute Gasteiger partial charge is 0.233 e. The van der Waals surface area contributed by atoms with Crippen LogP contribution in [0.2, 0.25) is 0 Å². The number of hydrogen-bond acceptors (Lipinski definition) is 5. The lowest BCUT2D eigenvalue weighted by Crippen LogP contribution is -2.44. The Morgan fingerprint density at radius 1 is 1.11 bits per heavy atom. The van der Waals surface area contributed by atoms with Gasteiger partial charge in [-0.2, -0.15) is 0 Å². The molecule has 1 aromatic heterocycles. The summed E-state index contributed by atoms with van der Waals surface area (Å²) in [4.78, 5) is 15.2. The largest absolute Gasteiger partial charge is 0.336 e. The molecule has 1 aromatic carbocycles. The molecule has 0 saturated heterocycles. The lowest BCUT2D eigenvalue weighted by Gasteiger charge is -2.36. The van der Waals surface area contributed by atoms with E-state index in [-0.39, 0.29) is 5.91 Å². The molecule has 1 amide bonds. The summed E-state index contributed by atoms with van der Waals surface area (Å²) in [6.07, 6.45) is 7.02. The fourth-order valence-electron chi connectivity index (χ4n) is 4.05. The summed E-state index contributed by atoms with van der Waals surface area (Å²) in [5.41, 5.74) is 2.11. The maximum absolute atomic E-state index is 13.0. The standard InChI is InChI=1S/C21H29N5OS/c1-14-3-7-16(8-4-14)20-23-24-21(26(20)22)28-13-19(27)25(18-11-12-18)17-9-5-15(2)6-10-17/h3-4,7-8,15,17-18H,5-6,9-13,22H2,1-2H3. The SMILES string of the molecule is Cc1ccc(-c2nnc(SCC(=O)N(C3CCC(C)CC3)C3CC3)n2N)cc1. The molecule has 0 unspecified atom stereocenters. The molecular formula is C21H29N5OS. The van der Waals surface area contributed by atoms with Crippen LogP contribution < -0.4 is 5.84 Å². The number of aromatic nitrogens is 3. The maximum atomic E-state index is 13.0. The summed E-state index contributed by atoms with van der Waals surface area (Å²) in [6, 6.07) is 8.89. The van der Waals surface area contributed by atoms with Gasteiger partial charge in [-0.3, -0.25) is 4.79 Å². The van der Waals surface area contributed by atoms with E-state index in [9.17, 15) is 4.79 Å². The van der Waals surface area contributed by atoms with E-state index in [1.54, 1.807) is 0 Å². The second-order valence-corrected chi connectivity index (χ2v) is 9.22. The van der Waals surface area contributed by atoms with Gasteiger partial charge < -0.3 is 10.7 Å². The number of amides is 1. The van der Waals surface area contributed by atoms with Crippen LogP contribution in [-0.4, -0.2) is 43.5 Å². The number of rotatable bonds is 6. The number of hydrogen-bond donors (Lipinski definition) is 1. The molecule has 4 rings (SSSR count). The molecule has 1 heterocycles. The molecule has 0 atom stereocenters. The molecule has 6 nitrogen and oxygen atoms in total. The molecule has 2 fully saturated rings. The normalized spacial score (nSPS) is 22.2. The zero-order valence-electron chi connectivity index (χ0n) is 16.7. The van der Waals surface area contributed by atoms with Gasteiger partial charge in [0.2, 0.25) is 11.1 Å². The molecule has 2 saturated carbocycles. The van der Waals surface area contributed by atoms with Gasteiger partial charge >= 0.3 is 0 Å². The van der Waals surface area contributed by atoms with Crippen LogP contribution in [0, 0.1) is 12.8 Å². The van der Waals surface area contributed by atoms with Crippen LogP contribution in [0.15, 0.2) is 29.4 Å². The van der Waals surface area contributed by atoms with Crippen molar-refractivity contribution in [1.29, 1.82) is 0 Å². The summed E-state index contributed by atoms with van der Waals surface area (Å²) in [5.74, 6) is 8.20. The highest BCUT2D eigenvalue weighted by atomic mass is 32.2. The quantitative estimate of drug-likeness (QED) is 0.593. The first-order valence-electron chi connectivity index (χ1n) is 10.2. The fourth-order valence-corrected chi connectivity index (χ4v) is 4.78. The van der Waals surface area contributed by atoms with Crippen LogP contribution in [0.3, 0.4) is 0 Å². The van der Waals surface area contributed by atoms with Crippen molar-refractivity contribution in [2.24, 2.45) is 5.92 Å². The Morgan fingerprint density at radius 2 is 1.71 bits per heavy atom. The maximum Gasteiger partial charge on any atom is 0.233 e. The summed E-state index contributed by atoms with van der Waals surface area (Å²) in [6.45, 7) is 4.36. The Balaban J connectivity index is 1.41. The molecule has 0 aliphatic heterocycles. The number of carbonyl (C=O) groups is 1. The van der Waals surface area contributed by atoms with Crippen molar-refractivity contribution in [3.05, 3.63) is 29.8 Å². The molecule has 2 aliphatic rings. The summed E-state index contributed by atoms with van der Waals surface area (Å²) >= 11 is 1.39. The molecule has 2 aromatic rings. The second-order valence-electron chi connectivity index (χ2n) is 8.28. The lowest BCUT2D eigenvalue weighted by atomic mass is 9.86. The lowest BCUT2D eigenvalue weighted by molar-refractivity contribution is -0.132. The Kier molecular flexibility index (Phi) is 5.62. The Bertz CT molecular complexity index is 822. The van der Waals surface area contributed by atoms with E-state index in [1.807, 2.05) is 31.2 Å². The predicted octanol–water partition coefficient (Wildman–Crippen LogP) is 3.63. The number of nitrogens with two attached hydrogens (primary N) is 1. The van der Waals surface area contributed by atoms with Crippen molar-refractivity contribution in [2.45, 2.75) is 69.6 Å². The van der Waals surface area contributed by atoms with Crippen molar-refractivity contribution in [3.63, 3.8) is 0 Å². The summed E-state index contributed by atoms with van der Waals surface area (Å²) in [7, 11) is 0. The van der Waals surface area contributed by atoms with Gasteiger partial charge in [-0.15, -0.1) is 10.2 Å². The van der Waals surface area contributed by atoms with Crippen molar-refractivity contribution in [2.75, 3.05) is 11.6 Å². The van der Waals surface area contributed by atoms with Crippen LogP contribution in [0.25, 0.3) is 11.4 Å². The molecule has 0 spiro atoms. The summed E-state index contributed by atoms with van der Waals surface area (Å²) < 4.78 is 1.49. The van der Waals surface area contributed by atoms with Gasteiger partial charge in [0.25, 0.3) is 0 Å². The molecule has 0 radical (unpaired) electrons. The number of nitrogen functional groups attached to an aromatic ring is 1.